The molecule has 1 unspecified atom stereocenters. The molecule has 2 aromatic rings. The fourth-order valence-electron chi connectivity index (χ4n) is 1.93. The molecule has 0 aliphatic heterocycles. The Morgan fingerprint density at radius 3 is 2.44 bits per heavy atom. The lowest BCUT2D eigenvalue weighted by molar-refractivity contribution is 0.117. The van der Waals surface area contributed by atoms with E-state index in [0.29, 0.717) is 0 Å². The summed E-state index contributed by atoms with van der Waals surface area (Å²) in [4.78, 5) is 0. The van der Waals surface area contributed by atoms with E-state index in [1.54, 1.807) is 14.2 Å². The summed E-state index contributed by atoms with van der Waals surface area (Å²) >= 11 is 0. The molecule has 0 heterocycles. The molecule has 0 saturated carbocycles. The van der Waals surface area contributed by atoms with E-state index < -0.39 is 0 Å². The summed E-state index contributed by atoms with van der Waals surface area (Å²) in [6.45, 7) is 2.02. The summed E-state index contributed by atoms with van der Waals surface area (Å²) in [6.07, 6.45) is 0.0413. The Bertz CT molecular complexity index is 491. The second kappa shape index (κ2) is 4.54. The summed E-state index contributed by atoms with van der Waals surface area (Å²) in [5.74, 6) is 0.910. The number of hydrogen-bond acceptors (Lipinski definition) is 2. The van der Waals surface area contributed by atoms with Gasteiger partial charge in [-0.2, -0.15) is 0 Å². The van der Waals surface area contributed by atoms with Gasteiger partial charge in [-0.3, -0.25) is 0 Å². The van der Waals surface area contributed by atoms with E-state index in [-0.39, 0.29) is 6.10 Å². The smallest absolute Gasteiger partial charge is 0.132 e. The quantitative estimate of drug-likeness (QED) is 0.781. The van der Waals surface area contributed by atoms with Crippen molar-refractivity contribution in [1.82, 2.24) is 0 Å². The van der Waals surface area contributed by atoms with Crippen molar-refractivity contribution in [2.75, 3.05) is 14.2 Å². The number of benzene rings is 2. The standard InChI is InChI=1S/C14H16O2/c1-10(15-2)12-9-8-11-6-4-5-7-13(11)14(12)16-3/h4-10H,1-3H3. The number of rotatable bonds is 3. The normalized spacial score (nSPS) is 12.7. The van der Waals surface area contributed by atoms with Crippen LogP contribution in [0.25, 0.3) is 10.8 Å². The molecule has 0 aliphatic rings. The Kier molecular flexibility index (Phi) is 3.11. The van der Waals surface area contributed by atoms with E-state index >= 15 is 0 Å². The minimum absolute atomic E-state index is 0.0413. The van der Waals surface area contributed by atoms with Crippen LogP contribution >= 0.6 is 0 Å². The first kappa shape index (κ1) is 11.0. The highest BCUT2D eigenvalue weighted by Gasteiger charge is 2.13. The second-order valence-electron chi connectivity index (χ2n) is 3.79. The Morgan fingerprint density at radius 2 is 1.75 bits per heavy atom. The van der Waals surface area contributed by atoms with Crippen LogP contribution in [0.15, 0.2) is 36.4 Å². The Labute approximate surface area is 95.8 Å². The maximum Gasteiger partial charge on any atom is 0.132 e. The van der Waals surface area contributed by atoms with Gasteiger partial charge in [0.1, 0.15) is 5.75 Å². The highest BCUT2D eigenvalue weighted by Crippen LogP contribution is 2.34. The van der Waals surface area contributed by atoms with E-state index in [0.717, 1.165) is 16.7 Å². The minimum atomic E-state index is 0.0413. The summed E-state index contributed by atoms with van der Waals surface area (Å²) < 4.78 is 10.8. The minimum Gasteiger partial charge on any atom is -0.496 e. The SMILES string of the molecule is COc1c(C(C)OC)ccc2ccccc12. The molecule has 0 amide bonds. The zero-order valence-electron chi connectivity index (χ0n) is 9.86. The lowest BCUT2D eigenvalue weighted by atomic mass is 10.0. The van der Waals surface area contributed by atoms with Gasteiger partial charge in [0, 0.05) is 18.1 Å². The molecule has 16 heavy (non-hydrogen) atoms. The molecule has 2 nitrogen and oxygen atoms in total. The average molecular weight is 216 g/mol. The van der Waals surface area contributed by atoms with E-state index in [1.807, 2.05) is 19.1 Å². The highest BCUT2D eigenvalue weighted by atomic mass is 16.5. The Balaban J connectivity index is 2.67. The molecule has 0 radical (unpaired) electrons. The lowest BCUT2D eigenvalue weighted by Crippen LogP contribution is -2.00. The topological polar surface area (TPSA) is 18.5 Å². The van der Waals surface area contributed by atoms with Gasteiger partial charge in [0.2, 0.25) is 0 Å². The predicted octanol–water partition coefficient (Wildman–Crippen LogP) is 3.56. The summed E-state index contributed by atoms with van der Waals surface area (Å²) in [6, 6.07) is 12.4. The molecule has 0 spiro atoms. The van der Waals surface area contributed by atoms with E-state index in [9.17, 15) is 0 Å². The van der Waals surface area contributed by atoms with E-state index in [2.05, 4.69) is 24.3 Å². The molecular formula is C14H16O2. The van der Waals surface area contributed by atoms with Crippen molar-refractivity contribution >= 4 is 10.8 Å². The molecule has 2 rings (SSSR count). The monoisotopic (exact) mass is 216 g/mol. The second-order valence-corrected chi connectivity index (χ2v) is 3.79. The molecule has 2 heteroatoms. The Hall–Kier alpha value is -1.54. The van der Waals surface area contributed by atoms with Gasteiger partial charge in [0.05, 0.1) is 13.2 Å². The van der Waals surface area contributed by atoms with Crippen LogP contribution in [0.1, 0.15) is 18.6 Å². The summed E-state index contributed by atoms with van der Waals surface area (Å²) in [7, 11) is 3.41. The lowest BCUT2D eigenvalue weighted by Gasteiger charge is -2.16. The first-order valence-corrected chi connectivity index (χ1v) is 5.36. The third-order valence-electron chi connectivity index (χ3n) is 2.91. The third kappa shape index (κ3) is 1.76. The Morgan fingerprint density at radius 1 is 1.00 bits per heavy atom. The van der Waals surface area contributed by atoms with Crippen LogP contribution in [-0.4, -0.2) is 14.2 Å². The van der Waals surface area contributed by atoms with Crippen molar-refractivity contribution in [3.8, 4) is 5.75 Å². The third-order valence-corrected chi connectivity index (χ3v) is 2.91. The van der Waals surface area contributed by atoms with Gasteiger partial charge >= 0.3 is 0 Å². The number of fused-ring (bicyclic) bond motifs is 1. The van der Waals surface area contributed by atoms with E-state index in [1.165, 1.54) is 5.39 Å². The summed E-state index contributed by atoms with van der Waals surface area (Å²) in [5.41, 5.74) is 1.09. The number of hydrogen-bond donors (Lipinski definition) is 0. The van der Waals surface area contributed by atoms with Crippen LogP contribution in [0.3, 0.4) is 0 Å². The van der Waals surface area contributed by atoms with Crippen molar-refractivity contribution in [3.05, 3.63) is 42.0 Å². The van der Waals surface area contributed by atoms with Crippen LogP contribution in [0.5, 0.6) is 5.75 Å². The summed E-state index contributed by atoms with van der Waals surface area (Å²) in [5, 5.41) is 2.32. The van der Waals surface area contributed by atoms with Crippen LogP contribution < -0.4 is 4.74 Å². The average Bonchev–Trinajstić information content (AvgIpc) is 2.36. The van der Waals surface area contributed by atoms with Crippen LogP contribution in [-0.2, 0) is 4.74 Å². The fraction of sp³-hybridized carbons (Fsp3) is 0.286. The predicted molar refractivity (Wildman–Crippen MR) is 65.9 cm³/mol. The first-order chi connectivity index (χ1) is 7.77. The van der Waals surface area contributed by atoms with E-state index in [4.69, 9.17) is 9.47 Å². The zero-order chi connectivity index (χ0) is 11.5. The molecule has 0 aliphatic carbocycles. The molecular weight excluding hydrogens is 200 g/mol. The molecule has 0 saturated heterocycles. The van der Waals surface area contributed by atoms with Crippen molar-refractivity contribution in [1.29, 1.82) is 0 Å². The molecule has 84 valence electrons. The largest absolute Gasteiger partial charge is 0.496 e. The van der Waals surface area contributed by atoms with Crippen LogP contribution in [0.4, 0.5) is 0 Å². The fourth-order valence-corrected chi connectivity index (χ4v) is 1.93. The van der Waals surface area contributed by atoms with Crippen LogP contribution in [0, 0.1) is 0 Å². The maximum absolute atomic E-state index is 5.50. The van der Waals surface area contributed by atoms with Gasteiger partial charge in [0.25, 0.3) is 0 Å². The first-order valence-electron chi connectivity index (χ1n) is 5.36. The number of methoxy groups -OCH3 is 2. The van der Waals surface area contributed by atoms with Gasteiger partial charge in [-0.1, -0.05) is 36.4 Å². The molecule has 0 N–H and O–H groups in total. The van der Waals surface area contributed by atoms with Crippen molar-refractivity contribution in [3.63, 3.8) is 0 Å². The molecule has 1 atom stereocenters. The highest BCUT2D eigenvalue weighted by molar-refractivity contribution is 5.89. The van der Waals surface area contributed by atoms with Gasteiger partial charge in [-0.25, -0.2) is 0 Å². The van der Waals surface area contributed by atoms with Crippen molar-refractivity contribution < 1.29 is 9.47 Å². The number of ether oxygens (including phenoxy) is 2. The van der Waals surface area contributed by atoms with Crippen molar-refractivity contribution in [2.24, 2.45) is 0 Å². The molecule has 0 bridgehead atoms. The zero-order valence-corrected chi connectivity index (χ0v) is 9.86. The van der Waals surface area contributed by atoms with Gasteiger partial charge in [0.15, 0.2) is 0 Å². The van der Waals surface area contributed by atoms with Gasteiger partial charge in [-0.15, -0.1) is 0 Å². The molecule has 2 aromatic carbocycles. The molecule has 0 aromatic heterocycles. The van der Waals surface area contributed by atoms with Gasteiger partial charge < -0.3 is 9.47 Å². The maximum atomic E-state index is 5.50. The molecule has 0 fully saturated rings. The van der Waals surface area contributed by atoms with Crippen molar-refractivity contribution in [2.45, 2.75) is 13.0 Å². The van der Waals surface area contributed by atoms with Crippen LogP contribution in [0.2, 0.25) is 0 Å². The van der Waals surface area contributed by atoms with Gasteiger partial charge in [-0.05, 0) is 12.3 Å².